The van der Waals surface area contributed by atoms with E-state index in [-0.39, 0.29) is 0 Å². The van der Waals surface area contributed by atoms with Gasteiger partial charge in [-0.05, 0) is 31.9 Å². The number of hydrogen-bond donors (Lipinski definition) is 0. The van der Waals surface area contributed by atoms with E-state index < -0.39 is 3.12 Å². The number of halogens is 3. The van der Waals surface area contributed by atoms with Crippen molar-refractivity contribution >= 4 is 58.8 Å². The van der Waals surface area contributed by atoms with Crippen LogP contribution in [0.4, 0.5) is 5.69 Å². The molecule has 2 nitrogen and oxygen atoms in total. The van der Waals surface area contributed by atoms with Crippen molar-refractivity contribution < 1.29 is 0 Å². The lowest BCUT2D eigenvalue weighted by Gasteiger charge is -2.21. The van der Waals surface area contributed by atoms with Gasteiger partial charge in [0.25, 0.3) is 3.12 Å². The van der Waals surface area contributed by atoms with Gasteiger partial charge in [0.1, 0.15) is 6.34 Å². The van der Waals surface area contributed by atoms with Crippen molar-refractivity contribution in [2.24, 2.45) is 4.99 Å². The largest absolute Gasteiger partial charge is 0.303 e. The summed E-state index contributed by atoms with van der Waals surface area (Å²) in [6.45, 7) is 6.93. The van der Waals surface area contributed by atoms with Crippen molar-refractivity contribution in [3.05, 3.63) is 29.3 Å². The van der Waals surface area contributed by atoms with Crippen LogP contribution in [0.1, 0.15) is 24.5 Å². The predicted molar refractivity (Wildman–Crippen MR) is 88.9 cm³/mol. The molecule has 6 heteroatoms. The molecule has 0 amide bonds. The molecular weight excluding hydrogens is 323 g/mol. The second-order valence-electron chi connectivity index (χ2n) is 4.21. The first-order valence-electron chi connectivity index (χ1n) is 5.96. The van der Waals surface area contributed by atoms with E-state index in [4.69, 9.17) is 34.8 Å². The highest BCUT2D eigenvalue weighted by Gasteiger charge is 2.23. The third-order valence-electron chi connectivity index (χ3n) is 2.34. The first kappa shape index (κ1) is 17.0. The molecular formula is C13H17Cl3N2S. The van der Waals surface area contributed by atoms with Crippen molar-refractivity contribution in [1.82, 2.24) is 4.31 Å². The lowest BCUT2D eigenvalue weighted by Crippen LogP contribution is -2.18. The average Bonchev–Trinajstić information content (AvgIpc) is 2.26. The van der Waals surface area contributed by atoms with Gasteiger partial charge >= 0.3 is 0 Å². The Kier molecular flexibility index (Phi) is 6.81. The molecule has 1 aromatic rings. The van der Waals surface area contributed by atoms with E-state index >= 15 is 0 Å². The molecule has 0 atom stereocenters. The number of aliphatic imine (C=N–C) groups is 1. The van der Waals surface area contributed by atoms with E-state index in [1.54, 1.807) is 6.34 Å². The number of benzene rings is 1. The molecule has 0 unspecified atom stereocenters. The van der Waals surface area contributed by atoms with Crippen LogP contribution < -0.4 is 0 Å². The summed E-state index contributed by atoms with van der Waals surface area (Å²) < 4.78 is 0.468. The van der Waals surface area contributed by atoms with Gasteiger partial charge in [-0.1, -0.05) is 59.4 Å². The molecule has 0 fully saturated rings. The van der Waals surface area contributed by atoms with E-state index in [0.29, 0.717) is 0 Å². The van der Waals surface area contributed by atoms with Gasteiger partial charge in [-0.15, -0.1) is 0 Å². The molecule has 0 aliphatic rings. The summed E-state index contributed by atoms with van der Waals surface area (Å²) in [7, 11) is 0. The maximum Gasteiger partial charge on any atom is 0.256 e. The van der Waals surface area contributed by atoms with Crippen molar-refractivity contribution in [2.45, 2.75) is 30.3 Å². The molecule has 0 aliphatic heterocycles. The SMILES string of the molecule is CCCN(C=Nc1ccc(C)cc1C)SC(Cl)(Cl)Cl. The van der Waals surface area contributed by atoms with Crippen LogP contribution >= 0.6 is 46.8 Å². The molecule has 19 heavy (non-hydrogen) atoms. The van der Waals surface area contributed by atoms with E-state index in [9.17, 15) is 0 Å². The van der Waals surface area contributed by atoms with Crippen LogP contribution in [0.25, 0.3) is 0 Å². The van der Waals surface area contributed by atoms with Crippen molar-refractivity contribution in [3.63, 3.8) is 0 Å². The van der Waals surface area contributed by atoms with E-state index in [1.165, 1.54) is 5.56 Å². The molecule has 0 saturated carbocycles. The minimum Gasteiger partial charge on any atom is -0.303 e. The fraction of sp³-hybridized carbons (Fsp3) is 0.462. The van der Waals surface area contributed by atoms with Crippen LogP contribution in [-0.4, -0.2) is 20.3 Å². The predicted octanol–water partition coefficient (Wildman–Crippen LogP) is 5.65. The number of hydrogen-bond acceptors (Lipinski definition) is 2. The van der Waals surface area contributed by atoms with Crippen LogP contribution in [0.15, 0.2) is 23.2 Å². The molecule has 1 aromatic carbocycles. The van der Waals surface area contributed by atoms with E-state index in [0.717, 1.165) is 36.2 Å². The molecule has 0 saturated heterocycles. The molecule has 0 N–H and O–H groups in total. The third kappa shape index (κ3) is 6.75. The Morgan fingerprint density at radius 3 is 2.53 bits per heavy atom. The standard InChI is InChI=1S/C13H17Cl3N2S/c1-4-7-18(19-13(14,15)16)9-17-12-6-5-10(2)8-11(12)3/h5-6,8-9H,4,7H2,1-3H3. The van der Waals surface area contributed by atoms with Gasteiger partial charge < -0.3 is 4.31 Å². The summed E-state index contributed by atoms with van der Waals surface area (Å²) in [5.74, 6) is 0. The summed E-state index contributed by atoms with van der Waals surface area (Å²) in [5.41, 5.74) is 3.28. The third-order valence-corrected chi connectivity index (χ3v) is 3.68. The quantitative estimate of drug-likeness (QED) is 0.298. The van der Waals surface area contributed by atoms with Crippen LogP contribution in [0, 0.1) is 13.8 Å². The summed E-state index contributed by atoms with van der Waals surface area (Å²) in [6.07, 6.45) is 2.67. The van der Waals surface area contributed by atoms with Crippen LogP contribution in [0.5, 0.6) is 0 Å². The number of nitrogens with zero attached hydrogens (tertiary/aromatic N) is 2. The van der Waals surface area contributed by atoms with Gasteiger partial charge in [0.15, 0.2) is 0 Å². The molecule has 0 spiro atoms. The highest BCUT2D eigenvalue weighted by Crippen LogP contribution is 2.40. The average molecular weight is 340 g/mol. The van der Waals surface area contributed by atoms with Crippen molar-refractivity contribution in [1.29, 1.82) is 0 Å². The van der Waals surface area contributed by atoms with Crippen LogP contribution in [0.3, 0.4) is 0 Å². The van der Waals surface area contributed by atoms with Crippen LogP contribution in [-0.2, 0) is 0 Å². The van der Waals surface area contributed by atoms with Gasteiger partial charge in [-0.2, -0.15) is 0 Å². The molecule has 0 radical (unpaired) electrons. The minimum absolute atomic E-state index is 0.771. The molecule has 0 bridgehead atoms. The lowest BCUT2D eigenvalue weighted by molar-refractivity contribution is 0.667. The highest BCUT2D eigenvalue weighted by molar-refractivity contribution is 8.03. The number of alkyl halides is 3. The van der Waals surface area contributed by atoms with Gasteiger partial charge in [-0.25, -0.2) is 4.99 Å². The van der Waals surface area contributed by atoms with Crippen molar-refractivity contribution in [2.75, 3.05) is 6.54 Å². The smallest absolute Gasteiger partial charge is 0.256 e. The summed E-state index contributed by atoms with van der Waals surface area (Å²) in [4.78, 5) is 4.45. The first-order chi connectivity index (χ1) is 8.81. The van der Waals surface area contributed by atoms with E-state index in [2.05, 4.69) is 24.9 Å². The van der Waals surface area contributed by atoms with Gasteiger partial charge in [-0.3, -0.25) is 0 Å². The summed E-state index contributed by atoms with van der Waals surface area (Å²) in [6, 6.07) is 6.12. The highest BCUT2D eigenvalue weighted by atomic mass is 35.6. The Bertz CT molecular complexity index is 444. The number of rotatable bonds is 5. The van der Waals surface area contributed by atoms with E-state index in [1.807, 2.05) is 23.4 Å². The van der Waals surface area contributed by atoms with Crippen molar-refractivity contribution in [3.8, 4) is 0 Å². The zero-order valence-electron chi connectivity index (χ0n) is 11.2. The monoisotopic (exact) mass is 338 g/mol. The molecule has 0 aromatic heterocycles. The maximum absolute atomic E-state index is 5.79. The zero-order valence-corrected chi connectivity index (χ0v) is 14.2. The Labute approximate surface area is 134 Å². The van der Waals surface area contributed by atoms with Gasteiger partial charge in [0.05, 0.1) is 5.69 Å². The normalized spacial score (nSPS) is 12.1. The Morgan fingerprint density at radius 1 is 1.32 bits per heavy atom. The maximum atomic E-state index is 5.79. The second kappa shape index (κ2) is 7.63. The Morgan fingerprint density at radius 2 is 2.00 bits per heavy atom. The molecule has 106 valence electrons. The first-order valence-corrected chi connectivity index (χ1v) is 7.86. The zero-order chi connectivity index (χ0) is 14.5. The summed E-state index contributed by atoms with van der Waals surface area (Å²) >= 11 is 18.5. The summed E-state index contributed by atoms with van der Waals surface area (Å²) in [5, 5.41) is 0. The Balaban J connectivity index is 2.80. The topological polar surface area (TPSA) is 15.6 Å². The van der Waals surface area contributed by atoms with Gasteiger partial charge in [0, 0.05) is 18.5 Å². The molecule has 1 rings (SSSR count). The lowest BCUT2D eigenvalue weighted by atomic mass is 10.1. The fourth-order valence-electron chi connectivity index (χ4n) is 1.56. The fourth-order valence-corrected chi connectivity index (χ4v) is 2.99. The van der Waals surface area contributed by atoms with Gasteiger partial charge in [0.2, 0.25) is 0 Å². The second-order valence-corrected chi connectivity index (χ2v) is 8.43. The van der Waals surface area contributed by atoms with Crippen LogP contribution in [0.2, 0.25) is 0 Å². The minimum atomic E-state index is -1.37. The number of aryl methyl sites for hydroxylation is 2. The Hall–Kier alpha value is -0.0900. The molecule has 0 aliphatic carbocycles. The molecule has 0 heterocycles.